The molecule has 1 heterocycles. The lowest BCUT2D eigenvalue weighted by molar-refractivity contribution is -0.384. The molecule has 0 bridgehead atoms. The zero-order valence-corrected chi connectivity index (χ0v) is 10.5. The first-order valence-electron chi connectivity index (χ1n) is 5.36. The number of halogens is 1. The van der Waals surface area contributed by atoms with Gasteiger partial charge in [-0.3, -0.25) is 15.1 Å². The number of pyridine rings is 1. The summed E-state index contributed by atoms with van der Waals surface area (Å²) in [5.41, 5.74) is 6.16. The van der Waals surface area contributed by atoms with E-state index >= 15 is 0 Å². The highest BCUT2D eigenvalue weighted by molar-refractivity contribution is 6.32. The number of nitrogens with zero attached hydrogens (tertiary/aromatic N) is 2. The van der Waals surface area contributed by atoms with E-state index in [0.717, 1.165) is 5.56 Å². The maximum atomic E-state index is 10.6. The Balaban J connectivity index is 2.23. The molecule has 0 fully saturated rings. The summed E-state index contributed by atoms with van der Waals surface area (Å²) in [6.45, 7) is 0.352. The van der Waals surface area contributed by atoms with Gasteiger partial charge in [-0.25, -0.2) is 0 Å². The predicted octanol–water partition coefficient (Wildman–Crippen LogP) is 2.89. The van der Waals surface area contributed by atoms with Crippen molar-refractivity contribution in [1.29, 1.82) is 0 Å². The number of nitro benzene ring substituents is 1. The highest BCUT2D eigenvalue weighted by Crippen LogP contribution is 2.30. The molecule has 0 aliphatic heterocycles. The van der Waals surface area contributed by atoms with Crippen LogP contribution < -0.4 is 10.5 Å². The van der Waals surface area contributed by atoms with Crippen molar-refractivity contribution >= 4 is 17.3 Å². The van der Waals surface area contributed by atoms with E-state index in [-0.39, 0.29) is 10.7 Å². The van der Waals surface area contributed by atoms with E-state index in [9.17, 15) is 10.1 Å². The SMILES string of the molecule is NCc1cncc(Oc2ccc([N+](=O)[O-])c(Cl)c2)c1. The highest BCUT2D eigenvalue weighted by atomic mass is 35.5. The van der Waals surface area contributed by atoms with Crippen molar-refractivity contribution in [3.8, 4) is 11.5 Å². The Bertz CT molecular complexity index is 619. The molecular weight excluding hydrogens is 270 g/mol. The Morgan fingerprint density at radius 3 is 2.74 bits per heavy atom. The third kappa shape index (κ3) is 3.18. The van der Waals surface area contributed by atoms with E-state index < -0.39 is 4.92 Å². The molecule has 2 aromatic rings. The van der Waals surface area contributed by atoms with Gasteiger partial charge in [0.2, 0.25) is 0 Å². The zero-order chi connectivity index (χ0) is 13.8. The van der Waals surface area contributed by atoms with Crippen LogP contribution in [-0.4, -0.2) is 9.91 Å². The number of nitrogens with two attached hydrogens (primary N) is 1. The first-order chi connectivity index (χ1) is 9.10. The Labute approximate surface area is 113 Å². The van der Waals surface area contributed by atoms with Gasteiger partial charge in [0, 0.05) is 24.9 Å². The second-order valence-electron chi connectivity index (χ2n) is 3.71. The first-order valence-corrected chi connectivity index (χ1v) is 5.73. The fourth-order valence-corrected chi connectivity index (χ4v) is 1.71. The second-order valence-corrected chi connectivity index (χ2v) is 4.11. The van der Waals surface area contributed by atoms with Crippen LogP contribution >= 0.6 is 11.6 Å². The number of hydrogen-bond acceptors (Lipinski definition) is 5. The van der Waals surface area contributed by atoms with Gasteiger partial charge in [0.15, 0.2) is 0 Å². The second kappa shape index (κ2) is 5.64. The van der Waals surface area contributed by atoms with Crippen LogP contribution in [0.3, 0.4) is 0 Å². The van der Waals surface area contributed by atoms with Crippen molar-refractivity contribution in [3.63, 3.8) is 0 Å². The van der Waals surface area contributed by atoms with Crippen LogP contribution in [0, 0.1) is 10.1 Å². The predicted molar refractivity (Wildman–Crippen MR) is 70.3 cm³/mol. The van der Waals surface area contributed by atoms with Gasteiger partial charge in [0.05, 0.1) is 11.1 Å². The van der Waals surface area contributed by atoms with Crippen LogP contribution in [0.5, 0.6) is 11.5 Å². The minimum atomic E-state index is -0.553. The molecular formula is C12H10ClN3O3. The largest absolute Gasteiger partial charge is 0.456 e. The molecule has 6 nitrogen and oxygen atoms in total. The summed E-state index contributed by atoms with van der Waals surface area (Å²) in [4.78, 5) is 14.1. The summed E-state index contributed by atoms with van der Waals surface area (Å²) >= 11 is 5.79. The summed E-state index contributed by atoms with van der Waals surface area (Å²) < 4.78 is 5.51. The fourth-order valence-electron chi connectivity index (χ4n) is 1.47. The molecule has 0 aliphatic rings. The van der Waals surface area contributed by atoms with Gasteiger partial charge in [-0.2, -0.15) is 0 Å². The van der Waals surface area contributed by atoms with Gasteiger partial charge < -0.3 is 10.5 Å². The first kappa shape index (κ1) is 13.3. The average molecular weight is 280 g/mol. The molecule has 0 spiro atoms. The summed E-state index contributed by atoms with van der Waals surface area (Å²) in [6.07, 6.45) is 3.16. The monoisotopic (exact) mass is 279 g/mol. The molecule has 0 aliphatic carbocycles. The van der Waals surface area contributed by atoms with E-state index in [0.29, 0.717) is 18.0 Å². The minimum absolute atomic E-state index is 0.0189. The minimum Gasteiger partial charge on any atom is -0.456 e. The molecule has 2 rings (SSSR count). The highest BCUT2D eigenvalue weighted by Gasteiger charge is 2.12. The molecule has 0 unspecified atom stereocenters. The Kier molecular flexibility index (Phi) is 3.94. The molecule has 1 aromatic heterocycles. The van der Waals surface area contributed by atoms with Crippen LogP contribution in [0.1, 0.15) is 5.56 Å². The molecule has 98 valence electrons. The van der Waals surface area contributed by atoms with E-state index in [1.807, 2.05) is 0 Å². The maximum absolute atomic E-state index is 10.6. The smallest absolute Gasteiger partial charge is 0.288 e. The lowest BCUT2D eigenvalue weighted by atomic mass is 10.3. The third-order valence-corrected chi connectivity index (χ3v) is 2.66. The Morgan fingerprint density at radius 2 is 2.11 bits per heavy atom. The number of ether oxygens (including phenoxy) is 1. The molecule has 7 heteroatoms. The number of hydrogen-bond donors (Lipinski definition) is 1. The Hall–Kier alpha value is -2.18. The zero-order valence-electron chi connectivity index (χ0n) is 9.75. The molecule has 0 atom stereocenters. The van der Waals surface area contributed by atoms with Gasteiger partial charge in [0.1, 0.15) is 16.5 Å². The quantitative estimate of drug-likeness (QED) is 0.686. The van der Waals surface area contributed by atoms with Crippen molar-refractivity contribution < 1.29 is 9.66 Å². The van der Waals surface area contributed by atoms with Crippen molar-refractivity contribution in [2.75, 3.05) is 0 Å². The van der Waals surface area contributed by atoms with Crippen molar-refractivity contribution in [2.45, 2.75) is 6.54 Å². The molecule has 19 heavy (non-hydrogen) atoms. The third-order valence-electron chi connectivity index (χ3n) is 2.36. The lowest BCUT2D eigenvalue weighted by Crippen LogP contribution is -1.97. The van der Waals surface area contributed by atoms with Crippen LogP contribution in [0.2, 0.25) is 5.02 Å². The van der Waals surface area contributed by atoms with Crippen LogP contribution in [0.15, 0.2) is 36.7 Å². The maximum Gasteiger partial charge on any atom is 0.288 e. The number of aromatic nitrogens is 1. The Morgan fingerprint density at radius 1 is 1.32 bits per heavy atom. The van der Waals surface area contributed by atoms with Gasteiger partial charge in [-0.1, -0.05) is 11.6 Å². The van der Waals surface area contributed by atoms with Crippen molar-refractivity contribution in [1.82, 2.24) is 4.98 Å². The molecule has 0 amide bonds. The standard InChI is InChI=1S/C12H10ClN3O3/c13-11-4-9(1-2-12(11)16(17)18)19-10-3-8(5-14)6-15-7-10/h1-4,6-7H,5,14H2. The number of benzene rings is 1. The normalized spacial score (nSPS) is 10.2. The van der Waals surface area contributed by atoms with Crippen molar-refractivity contribution in [3.05, 3.63) is 57.4 Å². The molecule has 0 radical (unpaired) electrons. The van der Waals surface area contributed by atoms with E-state index in [1.54, 1.807) is 12.3 Å². The van der Waals surface area contributed by atoms with E-state index in [4.69, 9.17) is 22.1 Å². The topological polar surface area (TPSA) is 91.3 Å². The van der Waals surface area contributed by atoms with Crippen LogP contribution in [-0.2, 0) is 6.54 Å². The molecule has 0 saturated heterocycles. The molecule has 0 saturated carbocycles. The summed E-state index contributed by atoms with van der Waals surface area (Å²) in [5.74, 6) is 0.888. The summed E-state index contributed by atoms with van der Waals surface area (Å²) in [5, 5.41) is 10.7. The van der Waals surface area contributed by atoms with Gasteiger partial charge in [-0.15, -0.1) is 0 Å². The number of rotatable bonds is 4. The van der Waals surface area contributed by atoms with Crippen LogP contribution in [0.4, 0.5) is 5.69 Å². The number of nitro groups is 1. The van der Waals surface area contributed by atoms with E-state index in [1.165, 1.54) is 24.4 Å². The van der Waals surface area contributed by atoms with Gasteiger partial charge in [-0.05, 0) is 17.7 Å². The summed E-state index contributed by atoms with van der Waals surface area (Å²) in [7, 11) is 0. The van der Waals surface area contributed by atoms with Crippen molar-refractivity contribution in [2.24, 2.45) is 5.73 Å². The fraction of sp³-hybridized carbons (Fsp3) is 0.0833. The van der Waals surface area contributed by atoms with E-state index in [2.05, 4.69) is 4.98 Å². The molecule has 1 aromatic carbocycles. The van der Waals surface area contributed by atoms with Gasteiger partial charge in [0.25, 0.3) is 5.69 Å². The molecule has 2 N–H and O–H groups in total. The summed E-state index contributed by atoms with van der Waals surface area (Å²) in [6, 6.07) is 5.88. The lowest BCUT2D eigenvalue weighted by Gasteiger charge is -2.06. The van der Waals surface area contributed by atoms with Gasteiger partial charge >= 0.3 is 0 Å². The van der Waals surface area contributed by atoms with Crippen LogP contribution in [0.25, 0.3) is 0 Å². The average Bonchev–Trinajstić information content (AvgIpc) is 2.38.